The van der Waals surface area contributed by atoms with Crippen LogP contribution in [0.3, 0.4) is 0 Å². The summed E-state index contributed by atoms with van der Waals surface area (Å²) >= 11 is 0. The van der Waals surface area contributed by atoms with Gasteiger partial charge in [-0.1, -0.05) is 0 Å². The van der Waals surface area contributed by atoms with E-state index in [9.17, 15) is 0 Å². The van der Waals surface area contributed by atoms with Gasteiger partial charge in [-0.05, 0) is 38.3 Å². The van der Waals surface area contributed by atoms with Gasteiger partial charge in [0.05, 0.1) is 0 Å². The van der Waals surface area contributed by atoms with Gasteiger partial charge < -0.3 is 15.5 Å². The molecule has 5 nitrogen and oxygen atoms in total. The Kier molecular flexibility index (Phi) is 4.36. The molecule has 1 fully saturated rings. The lowest BCUT2D eigenvalue weighted by molar-refractivity contribution is 0.582. The van der Waals surface area contributed by atoms with Gasteiger partial charge in [-0.15, -0.1) is 0 Å². The predicted molar refractivity (Wildman–Crippen MR) is 75.0 cm³/mol. The molecule has 5 heteroatoms. The summed E-state index contributed by atoms with van der Waals surface area (Å²) in [4.78, 5) is 13.2. The first kappa shape index (κ1) is 13.1. The minimum absolute atomic E-state index is 0.596. The SMILES string of the molecule is CN(C)c1nccc(N2CCCC2CCCN)n1. The lowest BCUT2D eigenvalue weighted by Gasteiger charge is -2.26. The van der Waals surface area contributed by atoms with Gasteiger partial charge in [-0.2, -0.15) is 4.98 Å². The van der Waals surface area contributed by atoms with E-state index < -0.39 is 0 Å². The summed E-state index contributed by atoms with van der Waals surface area (Å²) in [6, 6.07) is 2.60. The first-order valence-corrected chi connectivity index (χ1v) is 6.69. The summed E-state index contributed by atoms with van der Waals surface area (Å²) in [5.74, 6) is 1.82. The highest BCUT2D eigenvalue weighted by Gasteiger charge is 2.25. The molecular weight excluding hydrogens is 226 g/mol. The third-order valence-electron chi connectivity index (χ3n) is 3.44. The molecule has 0 bridgehead atoms. The maximum Gasteiger partial charge on any atom is 0.226 e. The second-order valence-corrected chi connectivity index (χ2v) is 5.03. The van der Waals surface area contributed by atoms with Gasteiger partial charge in [0.2, 0.25) is 5.95 Å². The van der Waals surface area contributed by atoms with Crippen LogP contribution in [0.2, 0.25) is 0 Å². The molecule has 1 atom stereocenters. The zero-order valence-corrected chi connectivity index (χ0v) is 11.3. The fourth-order valence-corrected chi connectivity index (χ4v) is 2.51. The zero-order chi connectivity index (χ0) is 13.0. The van der Waals surface area contributed by atoms with Crippen LogP contribution >= 0.6 is 0 Å². The van der Waals surface area contributed by atoms with Crippen molar-refractivity contribution < 1.29 is 0 Å². The summed E-state index contributed by atoms with van der Waals surface area (Å²) in [6.07, 6.45) is 6.60. The van der Waals surface area contributed by atoms with E-state index in [0.717, 1.165) is 37.7 Å². The summed E-state index contributed by atoms with van der Waals surface area (Å²) in [5, 5.41) is 0. The average Bonchev–Trinajstić information content (AvgIpc) is 2.84. The molecule has 2 N–H and O–H groups in total. The molecule has 2 rings (SSSR count). The van der Waals surface area contributed by atoms with Crippen molar-refractivity contribution in [1.29, 1.82) is 0 Å². The molecule has 0 aliphatic carbocycles. The molecule has 2 heterocycles. The number of anilines is 2. The van der Waals surface area contributed by atoms with Crippen LogP contribution in [0.4, 0.5) is 11.8 Å². The first-order valence-electron chi connectivity index (χ1n) is 6.69. The van der Waals surface area contributed by atoms with E-state index >= 15 is 0 Å². The molecule has 0 radical (unpaired) electrons. The fraction of sp³-hybridized carbons (Fsp3) is 0.692. The van der Waals surface area contributed by atoms with Crippen LogP contribution in [0.5, 0.6) is 0 Å². The maximum atomic E-state index is 5.60. The molecule has 1 saturated heterocycles. The monoisotopic (exact) mass is 249 g/mol. The van der Waals surface area contributed by atoms with E-state index in [4.69, 9.17) is 5.73 Å². The zero-order valence-electron chi connectivity index (χ0n) is 11.3. The van der Waals surface area contributed by atoms with Crippen molar-refractivity contribution in [3.63, 3.8) is 0 Å². The van der Waals surface area contributed by atoms with Crippen LogP contribution in [0, 0.1) is 0 Å². The van der Waals surface area contributed by atoms with Gasteiger partial charge in [0.25, 0.3) is 0 Å². The van der Waals surface area contributed by atoms with Crippen molar-refractivity contribution >= 4 is 11.8 Å². The highest BCUT2D eigenvalue weighted by molar-refractivity contribution is 5.45. The van der Waals surface area contributed by atoms with Gasteiger partial charge in [-0.25, -0.2) is 4.98 Å². The largest absolute Gasteiger partial charge is 0.353 e. The highest BCUT2D eigenvalue weighted by Crippen LogP contribution is 2.27. The highest BCUT2D eigenvalue weighted by atomic mass is 15.3. The third-order valence-corrected chi connectivity index (χ3v) is 3.44. The minimum atomic E-state index is 0.596. The molecule has 0 spiro atoms. The standard InChI is InChI=1S/C13H23N5/c1-17(2)13-15-9-7-12(16-13)18-10-4-6-11(18)5-3-8-14/h7,9,11H,3-6,8,10,14H2,1-2H3. The van der Waals surface area contributed by atoms with Crippen LogP contribution in [-0.4, -0.2) is 43.2 Å². The number of nitrogens with zero attached hydrogens (tertiary/aromatic N) is 4. The number of aromatic nitrogens is 2. The Morgan fingerprint density at radius 1 is 1.50 bits per heavy atom. The molecule has 0 amide bonds. The van der Waals surface area contributed by atoms with Crippen molar-refractivity contribution in [2.45, 2.75) is 31.7 Å². The molecule has 1 aliphatic heterocycles. The molecule has 18 heavy (non-hydrogen) atoms. The quantitative estimate of drug-likeness (QED) is 0.851. The Morgan fingerprint density at radius 2 is 2.33 bits per heavy atom. The van der Waals surface area contributed by atoms with Crippen molar-refractivity contribution in [2.24, 2.45) is 5.73 Å². The average molecular weight is 249 g/mol. The second-order valence-electron chi connectivity index (χ2n) is 5.03. The van der Waals surface area contributed by atoms with Gasteiger partial charge in [0.15, 0.2) is 0 Å². The van der Waals surface area contributed by atoms with Gasteiger partial charge in [0.1, 0.15) is 5.82 Å². The molecular formula is C13H23N5. The van der Waals surface area contributed by atoms with Crippen molar-refractivity contribution in [3.05, 3.63) is 12.3 Å². The summed E-state index contributed by atoms with van der Waals surface area (Å²) in [6.45, 7) is 1.87. The van der Waals surface area contributed by atoms with Gasteiger partial charge in [0, 0.05) is 32.9 Å². The van der Waals surface area contributed by atoms with Crippen LogP contribution in [0.1, 0.15) is 25.7 Å². The third kappa shape index (κ3) is 2.90. The van der Waals surface area contributed by atoms with Gasteiger partial charge in [-0.3, -0.25) is 0 Å². The number of nitrogens with two attached hydrogens (primary N) is 1. The Bertz CT molecular complexity index is 379. The molecule has 1 aromatic rings. The van der Waals surface area contributed by atoms with Crippen molar-refractivity contribution in [3.8, 4) is 0 Å². The predicted octanol–water partition coefficient (Wildman–Crippen LogP) is 1.25. The lowest BCUT2D eigenvalue weighted by atomic mass is 10.1. The van der Waals surface area contributed by atoms with E-state index in [-0.39, 0.29) is 0 Å². The Balaban J connectivity index is 2.11. The molecule has 100 valence electrons. The van der Waals surface area contributed by atoms with E-state index in [1.165, 1.54) is 12.8 Å². The smallest absolute Gasteiger partial charge is 0.226 e. The van der Waals surface area contributed by atoms with Gasteiger partial charge >= 0.3 is 0 Å². The summed E-state index contributed by atoms with van der Waals surface area (Å²) in [5.41, 5.74) is 5.60. The van der Waals surface area contributed by atoms with E-state index in [0.29, 0.717) is 6.04 Å². The summed E-state index contributed by atoms with van der Waals surface area (Å²) < 4.78 is 0. The molecule has 0 aromatic carbocycles. The topological polar surface area (TPSA) is 58.3 Å². The first-order chi connectivity index (χ1) is 8.72. The van der Waals surface area contributed by atoms with Crippen LogP contribution in [-0.2, 0) is 0 Å². The number of rotatable bonds is 5. The fourth-order valence-electron chi connectivity index (χ4n) is 2.51. The van der Waals surface area contributed by atoms with Crippen molar-refractivity contribution in [1.82, 2.24) is 9.97 Å². The normalized spacial score (nSPS) is 19.3. The van der Waals surface area contributed by atoms with Crippen LogP contribution in [0.25, 0.3) is 0 Å². The summed E-state index contributed by atoms with van der Waals surface area (Å²) in [7, 11) is 3.93. The minimum Gasteiger partial charge on any atom is -0.353 e. The lowest BCUT2D eigenvalue weighted by Crippen LogP contribution is -2.31. The second kappa shape index (κ2) is 6.00. The Hall–Kier alpha value is -1.36. The molecule has 1 aliphatic rings. The molecule has 1 aromatic heterocycles. The van der Waals surface area contributed by atoms with E-state index in [1.807, 2.05) is 31.3 Å². The Labute approximate surface area is 109 Å². The Morgan fingerprint density at radius 3 is 3.06 bits per heavy atom. The maximum absolute atomic E-state index is 5.60. The number of hydrogen-bond acceptors (Lipinski definition) is 5. The molecule has 0 saturated carbocycles. The van der Waals surface area contributed by atoms with Crippen molar-refractivity contribution in [2.75, 3.05) is 37.0 Å². The van der Waals surface area contributed by atoms with Crippen LogP contribution in [0.15, 0.2) is 12.3 Å². The van der Waals surface area contributed by atoms with E-state index in [1.54, 1.807) is 0 Å². The molecule has 1 unspecified atom stereocenters. The van der Waals surface area contributed by atoms with E-state index in [2.05, 4.69) is 14.9 Å². The number of hydrogen-bond donors (Lipinski definition) is 1. The van der Waals surface area contributed by atoms with Crippen LogP contribution < -0.4 is 15.5 Å².